The number of aryl methyl sites for hydroxylation is 2. The molecule has 3 saturated heterocycles. The van der Waals surface area contributed by atoms with Crippen LogP contribution in [0.4, 0.5) is 11.4 Å². The number of nitrogens with one attached hydrogen (secondary N) is 2. The molecule has 3 atom stereocenters. The zero-order valence-electron chi connectivity index (χ0n) is 26.5. The summed E-state index contributed by atoms with van der Waals surface area (Å²) in [6.07, 6.45) is 3.45. The zero-order chi connectivity index (χ0) is 32.5. The Bertz CT molecular complexity index is 1700. The van der Waals surface area contributed by atoms with Crippen molar-refractivity contribution in [2.45, 2.75) is 44.1 Å². The maximum Gasteiger partial charge on any atom is 0.282 e. The van der Waals surface area contributed by atoms with Crippen molar-refractivity contribution in [3.63, 3.8) is 0 Å². The third-order valence-electron chi connectivity index (χ3n) is 9.51. The second kappa shape index (κ2) is 13.4. The summed E-state index contributed by atoms with van der Waals surface area (Å²) in [5, 5.41) is 10.1. The van der Waals surface area contributed by atoms with Crippen molar-refractivity contribution in [3.05, 3.63) is 85.7 Å². The van der Waals surface area contributed by atoms with Crippen LogP contribution in [0, 0.1) is 6.92 Å². The smallest absolute Gasteiger partial charge is 0.282 e. The van der Waals surface area contributed by atoms with Crippen molar-refractivity contribution in [2.75, 3.05) is 56.5 Å². The predicted octanol–water partition coefficient (Wildman–Crippen LogP) is 3.23. The number of likely N-dealkylation sites (tertiary alicyclic amines) is 1. The minimum atomic E-state index is -0.321. The second-order valence-corrected chi connectivity index (χ2v) is 13.5. The Morgan fingerprint density at radius 3 is 2.46 bits per heavy atom. The number of piperidine rings is 2. The number of likely N-dealkylation sites (N-methyl/N-ethyl adjacent to an activating group) is 1. The molecule has 11 nitrogen and oxygen atoms in total. The molecule has 3 fully saturated rings. The topological polar surface area (TPSA) is 120 Å². The van der Waals surface area contributed by atoms with Crippen LogP contribution in [0.5, 0.6) is 0 Å². The van der Waals surface area contributed by atoms with Crippen LogP contribution in [0.25, 0.3) is 0 Å². The van der Waals surface area contributed by atoms with Crippen molar-refractivity contribution in [2.24, 2.45) is 7.05 Å². The van der Waals surface area contributed by atoms with E-state index in [0.717, 1.165) is 36.3 Å². The van der Waals surface area contributed by atoms with Crippen LogP contribution in [0.2, 0.25) is 0 Å². The average Bonchev–Trinajstić information content (AvgIpc) is 3.05. The van der Waals surface area contributed by atoms with Gasteiger partial charge in [-0.2, -0.15) is 5.10 Å². The average molecular weight is 691 g/mol. The lowest BCUT2D eigenvalue weighted by atomic mass is 9.87. The third-order valence-corrected chi connectivity index (χ3v) is 10.3. The van der Waals surface area contributed by atoms with E-state index in [1.807, 2.05) is 30.0 Å². The van der Waals surface area contributed by atoms with E-state index in [4.69, 9.17) is 0 Å². The van der Waals surface area contributed by atoms with Gasteiger partial charge in [0.1, 0.15) is 4.47 Å². The van der Waals surface area contributed by atoms with Crippen molar-refractivity contribution in [1.29, 1.82) is 0 Å². The second-order valence-electron chi connectivity index (χ2n) is 12.7. The van der Waals surface area contributed by atoms with Gasteiger partial charge in [-0.25, -0.2) is 4.68 Å². The summed E-state index contributed by atoms with van der Waals surface area (Å²) in [5.74, 6) is -0.447. The number of halogens is 1. The number of hydrogen-bond donors (Lipinski definition) is 2. The Hall–Kier alpha value is -4.03. The first-order valence-corrected chi connectivity index (χ1v) is 16.6. The lowest BCUT2D eigenvalue weighted by molar-refractivity contribution is -0.134. The summed E-state index contributed by atoms with van der Waals surface area (Å²) in [6, 6.07) is 14.3. The van der Waals surface area contributed by atoms with Crippen LogP contribution in [0.3, 0.4) is 0 Å². The van der Waals surface area contributed by atoms with Gasteiger partial charge in [-0.05, 0) is 89.6 Å². The highest BCUT2D eigenvalue weighted by Crippen LogP contribution is 2.32. The summed E-state index contributed by atoms with van der Waals surface area (Å²) >= 11 is 3.42. The first-order chi connectivity index (χ1) is 22.1. The van der Waals surface area contributed by atoms with Gasteiger partial charge in [0.05, 0.1) is 17.8 Å². The third kappa shape index (κ3) is 6.73. The monoisotopic (exact) mass is 689 g/mol. The number of amides is 3. The SMILES string of the molecule is Cc1ccc(N2CCN(C(=O)c3ccc([C@H]4C[C@@H](Nc5cnn(C)c(=O)c5Br)CN(C)C4)cc3)CC2)cc1C1CCC(=O)NC1=O. The highest BCUT2D eigenvalue weighted by atomic mass is 79.9. The molecular formula is C34H40BrN7O4. The molecule has 2 N–H and O–H groups in total. The van der Waals surface area contributed by atoms with Gasteiger partial charge in [0.2, 0.25) is 11.8 Å². The number of piperazine rings is 1. The number of carbonyl (C=O) groups is 3. The first-order valence-electron chi connectivity index (χ1n) is 15.8. The van der Waals surface area contributed by atoms with Crippen LogP contribution in [0.15, 0.2) is 57.9 Å². The predicted molar refractivity (Wildman–Crippen MR) is 180 cm³/mol. The van der Waals surface area contributed by atoms with E-state index in [0.29, 0.717) is 54.7 Å². The maximum atomic E-state index is 13.5. The fourth-order valence-corrected chi connectivity index (χ4v) is 7.41. The number of anilines is 2. The molecule has 242 valence electrons. The molecule has 3 amide bonds. The van der Waals surface area contributed by atoms with Gasteiger partial charge in [-0.3, -0.25) is 24.5 Å². The minimum Gasteiger partial charge on any atom is -0.379 e. The van der Waals surface area contributed by atoms with Gasteiger partial charge in [-0.15, -0.1) is 0 Å². The summed E-state index contributed by atoms with van der Waals surface area (Å²) in [4.78, 5) is 56.4. The van der Waals surface area contributed by atoms with Crippen LogP contribution in [-0.2, 0) is 16.6 Å². The number of benzene rings is 2. The first kappa shape index (κ1) is 31.9. The maximum absolute atomic E-state index is 13.5. The Kier molecular flexibility index (Phi) is 9.28. The molecule has 0 radical (unpaired) electrons. The molecule has 3 aliphatic rings. The fourth-order valence-electron chi connectivity index (χ4n) is 6.94. The highest BCUT2D eigenvalue weighted by Gasteiger charge is 2.31. The molecule has 46 heavy (non-hydrogen) atoms. The molecule has 3 aromatic rings. The molecule has 12 heteroatoms. The van der Waals surface area contributed by atoms with Gasteiger partial charge >= 0.3 is 0 Å². The summed E-state index contributed by atoms with van der Waals surface area (Å²) in [5.41, 5.74) is 5.42. The van der Waals surface area contributed by atoms with Crippen molar-refractivity contribution in [1.82, 2.24) is 24.9 Å². The lowest BCUT2D eigenvalue weighted by Crippen LogP contribution is -2.48. The molecule has 4 heterocycles. The van der Waals surface area contributed by atoms with E-state index < -0.39 is 0 Å². The molecule has 2 aromatic carbocycles. The van der Waals surface area contributed by atoms with Crippen molar-refractivity contribution in [3.8, 4) is 0 Å². The Morgan fingerprint density at radius 2 is 1.74 bits per heavy atom. The number of aromatic nitrogens is 2. The molecule has 0 saturated carbocycles. The molecule has 0 aliphatic carbocycles. The van der Waals surface area contributed by atoms with E-state index in [2.05, 4.69) is 72.8 Å². The van der Waals surface area contributed by atoms with Gasteiger partial charge in [0.25, 0.3) is 11.5 Å². The van der Waals surface area contributed by atoms with Crippen molar-refractivity contribution >= 4 is 45.0 Å². The summed E-state index contributed by atoms with van der Waals surface area (Å²) in [7, 11) is 3.73. The number of carbonyl (C=O) groups excluding carboxylic acids is 3. The highest BCUT2D eigenvalue weighted by molar-refractivity contribution is 9.10. The molecule has 0 bridgehead atoms. The standard InChI is InChI=1S/C34H40BrN7O4/c1-21-4-9-26(17-28(21)27-10-11-30(43)38-32(27)44)41-12-14-42(15-13-41)33(45)23-7-5-22(6-8-23)24-16-25(20-39(2)19-24)37-29-18-36-40(3)34(46)31(29)35/h4-9,17-18,24-25,27,37H,10-16,19-20H2,1-3H3,(H,38,43,44)/t24-,25+,27?/m0/s1. The number of hydrogen-bond acceptors (Lipinski definition) is 8. The molecule has 0 spiro atoms. The number of rotatable bonds is 6. The summed E-state index contributed by atoms with van der Waals surface area (Å²) in [6.45, 7) is 6.37. The molecule has 3 aliphatic heterocycles. The molecule has 6 rings (SSSR count). The lowest BCUT2D eigenvalue weighted by Gasteiger charge is -2.37. The van der Waals surface area contributed by atoms with E-state index in [-0.39, 0.29) is 41.2 Å². The minimum absolute atomic E-state index is 0.0302. The van der Waals surface area contributed by atoms with Gasteiger partial charge < -0.3 is 20.0 Å². The molecular weight excluding hydrogens is 650 g/mol. The van der Waals surface area contributed by atoms with Gasteiger partial charge in [0.15, 0.2) is 0 Å². The van der Waals surface area contributed by atoms with E-state index in [1.54, 1.807) is 13.2 Å². The largest absolute Gasteiger partial charge is 0.379 e. The van der Waals surface area contributed by atoms with Gasteiger partial charge in [0, 0.05) is 70.0 Å². The van der Waals surface area contributed by atoms with Crippen molar-refractivity contribution < 1.29 is 14.4 Å². The number of imide groups is 1. The quantitative estimate of drug-likeness (QED) is 0.379. The normalized spacial score (nSPS) is 22.5. The Morgan fingerprint density at radius 1 is 1.00 bits per heavy atom. The van der Waals surface area contributed by atoms with E-state index in [9.17, 15) is 19.2 Å². The molecule has 1 unspecified atom stereocenters. The van der Waals surface area contributed by atoms with Crippen LogP contribution < -0.4 is 21.1 Å². The van der Waals surface area contributed by atoms with Crippen LogP contribution in [0.1, 0.15) is 58.1 Å². The van der Waals surface area contributed by atoms with Crippen LogP contribution >= 0.6 is 15.9 Å². The Labute approximate surface area is 277 Å². The number of nitrogens with zero attached hydrogens (tertiary/aromatic N) is 5. The van der Waals surface area contributed by atoms with E-state index in [1.165, 1.54) is 10.2 Å². The van der Waals surface area contributed by atoms with Gasteiger partial charge in [-0.1, -0.05) is 18.2 Å². The van der Waals surface area contributed by atoms with Crippen LogP contribution in [-0.4, -0.2) is 89.7 Å². The Balaban J connectivity index is 1.06. The fraction of sp³-hybridized carbons (Fsp3) is 0.441. The zero-order valence-corrected chi connectivity index (χ0v) is 28.0. The molecule has 1 aromatic heterocycles. The summed E-state index contributed by atoms with van der Waals surface area (Å²) < 4.78 is 1.79. The van der Waals surface area contributed by atoms with E-state index >= 15 is 0 Å².